The number of hydrogen-bond donors (Lipinski definition) is 1. The molecule has 2 aromatic carbocycles. The van der Waals surface area contributed by atoms with Crippen molar-refractivity contribution in [1.82, 2.24) is 0 Å². The highest BCUT2D eigenvalue weighted by Crippen LogP contribution is 2.31. The van der Waals surface area contributed by atoms with Gasteiger partial charge in [0.05, 0.1) is 13.7 Å². The van der Waals surface area contributed by atoms with Gasteiger partial charge in [0.2, 0.25) is 18.3 Å². The highest BCUT2D eigenvalue weighted by molar-refractivity contribution is 6.05. The summed E-state index contributed by atoms with van der Waals surface area (Å²) in [6.45, 7) is 2.65. The first-order valence-electron chi connectivity index (χ1n) is 10.1. The Kier molecular flexibility index (Phi) is 7.68. The van der Waals surface area contributed by atoms with Crippen LogP contribution in [-0.4, -0.2) is 25.5 Å². The highest BCUT2D eigenvalue weighted by atomic mass is 127. The largest absolute Gasteiger partial charge is 1.00 e. The molecule has 3 aromatic rings. The standard InChI is InChI=1S/C24H23N3O4.HI/c1-3-31-20-11-7-17(8-12-20)25-24(29)23-21-6-4-5-15-26(21)16-22(28)27(23)18-9-13-19(30-2)14-10-18;/h4-15,23H,3,16H2,1-2H3;1H. The van der Waals surface area contributed by atoms with Crippen LogP contribution in [-0.2, 0) is 16.1 Å². The maximum absolute atomic E-state index is 13.4. The van der Waals surface area contributed by atoms with Gasteiger partial charge < -0.3 is 38.8 Å². The zero-order valence-electron chi connectivity index (χ0n) is 17.8. The Morgan fingerprint density at radius 1 is 1.06 bits per heavy atom. The molecule has 1 aliphatic heterocycles. The van der Waals surface area contributed by atoms with E-state index in [1.807, 2.05) is 35.9 Å². The molecule has 0 spiro atoms. The van der Waals surface area contributed by atoms with Crippen molar-refractivity contribution >= 4 is 23.2 Å². The van der Waals surface area contributed by atoms with Crippen LogP contribution in [0.2, 0.25) is 0 Å². The van der Waals surface area contributed by atoms with Crippen LogP contribution in [0.3, 0.4) is 0 Å². The molecule has 4 rings (SSSR count). The molecule has 1 aliphatic rings. The van der Waals surface area contributed by atoms with Crippen molar-refractivity contribution in [3.8, 4) is 11.5 Å². The number of anilines is 2. The Bertz CT molecular complexity index is 1090. The predicted molar refractivity (Wildman–Crippen MR) is 116 cm³/mol. The van der Waals surface area contributed by atoms with E-state index in [4.69, 9.17) is 9.47 Å². The van der Waals surface area contributed by atoms with Gasteiger partial charge in [0, 0.05) is 23.5 Å². The van der Waals surface area contributed by atoms with Crippen LogP contribution in [0, 0.1) is 0 Å². The molecule has 8 heteroatoms. The maximum Gasteiger partial charge on any atom is 0.294 e. The second kappa shape index (κ2) is 10.4. The van der Waals surface area contributed by atoms with Crippen molar-refractivity contribution in [2.75, 3.05) is 23.9 Å². The predicted octanol–water partition coefficient (Wildman–Crippen LogP) is 0.112. The molecule has 7 nitrogen and oxygen atoms in total. The van der Waals surface area contributed by atoms with Gasteiger partial charge in [-0.1, -0.05) is 6.07 Å². The normalized spacial score (nSPS) is 14.8. The number of rotatable bonds is 6. The average molecular weight is 545 g/mol. The number of halogens is 1. The number of fused-ring (bicyclic) bond motifs is 1. The summed E-state index contributed by atoms with van der Waals surface area (Å²) >= 11 is 0. The topological polar surface area (TPSA) is 71.8 Å². The molecule has 1 unspecified atom stereocenters. The van der Waals surface area contributed by atoms with Crippen molar-refractivity contribution < 1.29 is 47.6 Å². The Morgan fingerprint density at radius 3 is 2.41 bits per heavy atom. The number of methoxy groups -OCH3 is 1. The van der Waals surface area contributed by atoms with Crippen molar-refractivity contribution in [1.29, 1.82) is 0 Å². The summed E-state index contributed by atoms with van der Waals surface area (Å²) in [5.41, 5.74) is 2.00. The zero-order valence-corrected chi connectivity index (χ0v) is 20.0. The monoisotopic (exact) mass is 545 g/mol. The summed E-state index contributed by atoms with van der Waals surface area (Å²) in [4.78, 5) is 28.0. The third-order valence-electron chi connectivity index (χ3n) is 5.12. The van der Waals surface area contributed by atoms with Gasteiger partial charge >= 0.3 is 0 Å². The molecular formula is C24H24IN3O4. The summed E-state index contributed by atoms with van der Waals surface area (Å²) in [6, 6.07) is 19.0. The van der Waals surface area contributed by atoms with Crippen molar-refractivity contribution in [3.05, 3.63) is 78.6 Å². The van der Waals surface area contributed by atoms with E-state index in [0.29, 0.717) is 23.7 Å². The molecular weight excluding hydrogens is 521 g/mol. The number of benzene rings is 2. The molecule has 1 aromatic heterocycles. The van der Waals surface area contributed by atoms with Crippen molar-refractivity contribution in [3.63, 3.8) is 0 Å². The number of pyridine rings is 1. The number of hydrogen-bond acceptors (Lipinski definition) is 4. The number of nitrogens with one attached hydrogen (secondary N) is 1. The summed E-state index contributed by atoms with van der Waals surface area (Å²) in [7, 11) is 1.58. The molecule has 166 valence electrons. The molecule has 0 radical (unpaired) electrons. The number of carbonyl (C=O) groups excluding carboxylic acids is 2. The first-order valence-corrected chi connectivity index (χ1v) is 10.1. The fourth-order valence-corrected chi connectivity index (χ4v) is 3.68. The van der Waals surface area contributed by atoms with E-state index in [1.165, 1.54) is 0 Å². The summed E-state index contributed by atoms with van der Waals surface area (Å²) < 4.78 is 12.5. The van der Waals surface area contributed by atoms with Crippen LogP contribution in [0.1, 0.15) is 18.7 Å². The lowest BCUT2D eigenvalue weighted by atomic mass is 10.0. The molecule has 0 saturated carbocycles. The van der Waals surface area contributed by atoms with Gasteiger partial charge in [0.1, 0.15) is 11.5 Å². The minimum Gasteiger partial charge on any atom is -1.00 e. The lowest BCUT2D eigenvalue weighted by molar-refractivity contribution is -0.695. The van der Waals surface area contributed by atoms with E-state index in [9.17, 15) is 9.59 Å². The molecule has 32 heavy (non-hydrogen) atoms. The first-order chi connectivity index (χ1) is 15.1. The number of amides is 2. The van der Waals surface area contributed by atoms with Crippen LogP contribution < -0.4 is 48.2 Å². The van der Waals surface area contributed by atoms with E-state index in [1.54, 1.807) is 60.5 Å². The fourth-order valence-electron chi connectivity index (χ4n) is 3.68. The van der Waals surface area contributed by atoms with Crippen LogP contribution >= 0.6 is 0 Å². The molecule has 0 aliphatic carbocycles. The van der Waals surface area contributed by atoms with E-state index in [2.05, 4.69) is 5.32 Å². The van der Waals surface area contributed by atoms with Crippen LogP contribution in [0.15, 0.2) is 72.9 Å². The Labute approximate surface area is 204 Å². The third-order valence-corrected chi connectivity index (χ3v) is 5.12. The third kappa shape index (κ3) is 4.85. The van der Waals surface area contributed by atoms with Gasteiger partial charge in [0.15, 0.2) is 6.20 Å². The van der Waals surface area contributed by atoms with Crippen molar-refractivity contribution in [2.45, 2.75) is 19.5 Å². The van der Waals surface area contributed by atoms with Gasteiger partial charge in [-0.15, -0.1) is 0 Å². The molecule has 2 amide bonds. The van der Waals surface area contributed by atoms with Gasteiger partial charge in [0.25, 0.3) is 11.8 Å². The Morgan fingerprint density at radius 2 is 1.75 bits per heavy atom. The van der Waals surface area contributed by atoms with Gasteiger partial charge in [-0.2, -0.15) is 4.57 Å². The fraction of sp³-hybridized carbons (Fsp3) is 0.208. The van der Waals surface area contributed by atoms with Gasteiger partial charge in [-0.3, -0.25) is 14.5 Å². The number of ether oxygens (including phenoxy) is 2. The highest BCUT2D eigenvalue weighted by Gasteiger charge is 2.43. The van der Waals surface area contributed by atoms with Crippen LogP contribution in [0.25, 0.3) is 0 Å². The van der Waals surface area contributed by atoms with E-state index >= 15 is 0 Å². The molecule has 0 bridgehead atoms. The van der Waals surface area contributed by atoms with Crippen LogP contribution in [0.5, 0.6) is 11.5 Å². The SMILES string of the molecule is CCOc1ccc(NC(=O)C2c3cccc[n+]3CC(=O)N2c2ccc(OC)cc2)cc1.[I-]. The molecule has 0 fully saturated rings. The molecule has 1 atom stereocenters. The summed E-state index contributed by atoms with van der Waals surface area (Å²) in [5, 5.41) is 2.94. The molecule has 1 N–H and O–H groups in total. The number of nitrogens with zero attached hydrogens (tertiary/aromatic N) is 2. The maximum atomic E-state index is 13.4. The lowest BCUT2D eigenvalue weighted by Gasteiger charge is -2.32. The zero-order chi connectivity index (χ0) is 21.8. The number of aromatic nitrogens is 1. The number of carbonyl (C=O) groups is 2. The average Bonchev–Trinajstić information content (AvgIpc) is 2.79. The minimum atomic E-state index is -0.817. The quantitative estimate of drug-likeness (QED) is 0.353. The second-order valence-electron chi connectivity index (χ2n) is 7.06. The Hall–Kier alpha value is -3.14. The summed E-state index contributed by atoms with van der Waals surface area (Å²) in [6.07, 6.45) is 1.82. The van der Waals surface area contributed by atoms with Gasteiger partial charge in [-0.05, 0) is 55.5 Å². The second-order valence-corrected chi connectivity index (χ2v) is 7.06. The summed E-state index contributed by atoms with van der Waals surface area (Å²) in [5.74, 6) is 0.946. The van der Waals surface area contributed by atoms with E-state index in [0.717, 1.165) is 11.4 Å². The smallest absolute Gasteiger partial charge is 0.294 e. The minimum absolute atomic E-state index is 0. The van der Waals surface area contributed by atoms with Crippen LogP contribution in [0.4, 0.5) is 11.4 Å². The molecule has 2 heterocycles. The first kappa shape index (κ1) is 23.5. The Balaban J connectivity index is 0.00000289. The molecule has 0 saturated heterocycles. The lowest BCUT2D eigenvalue weighted by Crippen LogP contribution is -3.00. The van der Waals surface area contributed by atoms with E-state index < -0.39 is 6.04 Å². The van der Waals surface area contributed by atoms with Crippen molar-refractivity contribution in [2.24, 2.45) is 0 Å². The van der Waals surface area contributed by atoms with Gasteiger partial charge in [-0.25, -0.2) is 0 Å². The van der Waals surface area contributed by atoms with E-state index in [-0.39, 0.29) is 42.3 Å².